The molecule has 31 heavy (non-hydrogen) atoms. The van der Waals surface area contributed by atoms with Crippen LogP contribution < -0.4 is 15.0 Å². The van der Waals surface area contributed by atoms with Crippen molar-refractivity contribution in [2.75, 3.05) is 43.0 Å². The van der Waals surface area contributed by atoms with Gasteiger partial charge in [-0.25, -0.2) is 0 Å². The number of carbonyl (C=O) groups is 2. The first-order valence-electron chi connectivity index (χ1n) is 9.86. The zero-order valence-electron chi connectivity index (χ0n) is 17.6. The molecule has 0 aromatic heterocycles. The Morgan fingerprint density at radius 3 is 2.13 bits per heavy atom. The normalized spacial score (nSPS) is 13.9. The Hall–Kier alpha value is -2.15. The van der Waals surface area contributed by atoms with Crippen LogP contribution in [0.1, 0.15) is 18.1 Å². The van der Waals surface area contributed by atoms with Gasteiger partial charge in [0, 0.05) is 38.1 Å². The quantitative estimate of drug-likeness (QED) is 0.652. The molecule has 0 spiro atoms. The number of hydrogen-bond acceptors (Lipinski definition) is 4. The number of hydrogen-bond donors (Lipinski definition) is 1. The van der Waals surface area contributed by atoms with Gasteiger partial charge in [0.15, 0.2) is 12.4 Å². The summed E-state index contributed by atoms with van der Waals surface area (Å²) in [5, 5.41) is 3.95. The molecule has 0 unspecified atom stereocenters. The van der Waals surface area contributed by atoms with E-state index in [9.17, 15) is 9.59 Å². The lowest BCUT2D eigenvalue weighted by atomic mass is 10.1. The number of benzene rings is 2. The zero-order chi connectivity index (χ0) is 22.7. The summed E-state index contributed by atoms with van der Waals surface area (Å²) in [7, 11) is 0. The number of carbonyl (C=O) groups excluding carboxylic acids is 2. The molecule has 0 bridgehead atoms. The summed E-state index contributed by atoms with van der Waals surface area (Å²) in [4.78, 5) is 28.1. The van der Waals surface area contributed by atoms with Crippen molar-refractivity contribution in [3.8, 4) is 5.75 Å². The summed E-state index contributed by atoms with van der Waals surface area (Å²) in [6.45, 7) is 7.53. The van der Waals surface area contributed by atoms with Gasteiger partial charge in [0.05, 0.1) is 21.4 Å². The van der Waals surface area contributed by atoms with Crippen molar-refractivity contribution < 1.29 is 14.3 Å². The number of para-hydroxylation sites is 2. The molecule has 0 atom stereocenters. The van der Waals surface area contributed by atoms with Crippen molar-refractivity contribution in [3.05, 3.63) is 50.5 Å². The molecule has 6 nitrogen and oxygen atoms in total. The summed E-state index contributed by atoms with van der Waals surface area (Å²) < 4.78 is 5.65. The Morgan fingerprint density at radius 1 is 0.968 bits per heavy atom. The number of nitrogens with zero attached hydrogens (tertiary/aromatic N) is 2. The number of anilines is 2. The van der Waals surface area contributed by atoms with Crippen LogP contribution in [0.3, 0.4) is 0 Å². The molecule has 3 rings (SSSR count). The third-order valence-electron chi connectivity index (χ3n) is 5.31. The summed E-state index contributed by atoms with van der Waals surface area (Å²) in [6, 6.07) is 7.55. The fourth-order valence-electron chi connectivity index (χ4n) is 3.48. The summed E-state index contributed by atoms with van der Waals surface area (Å²) in [5.41, 5.74) is 2.87. The summed E-state index contributed by atoms with van der Waals surface area (Å²) in [6.07, 6.45) is 0. The Bertz CT molecular complexity index is 976. The first-order chi connectivity index (χ1) is 14.7. The van der Waals surface area contributed by atoms with Crippen LogP contribution in [0.4, 0.5) is 11.4 Å². The van der Waals surface area contributed by atoms with Crippen LogP contribution in [0.2, 0.25) is 15.1 Å². The van der Waals surface area contributed by atoms with E-state index in [0.717, 1.165) is 5.69 Å². The van der Waals surface area contributed by atoms with E-state index in [-0.39, 0.29) is 34.2 Å². The number of rotatable bonds is 5. The lowest BCUT2D eigenvalue weighted by Gasteiger charge is -2.36. The van der Waals surface area contributed by atoms with Gasteiger partial charge in [-0.1, -0.05) is 46.9 Å². The average molecular weight is 485 g/mol. The van der Waals surface area contributed by atoms with E-state index >= 15 is 0 Å². The largest absolute Gasteiger partial charge is 0.481 e. The molecule has 0 radical (unpaired) electrons. The van der Waals surface area contributed by atoms with Crippen LogP contribution in [0.15, 0.2) is 24.3 Å². The maximum atomic E-state index is 12.6. The molecule has 1 N–H and O–H groups in total. The van der Waals surface area contributed by atoms with Crippen LogP contribution in [-0.4, -0.2) is 49.5 Å². The first-order valence-corrected chi connectivity index (χ1v) is 11.0. The topological polar surface area (TPSA) is 61.9 Å². The fraction of sp³-hybridized carbons (Fsp3) is 0.364. The molecule has 1 heterocycles. The highest BCUT2D eigenvalue weighted by Crippen LogP contribution is 2.42. The number of nitrogens with one attached hydrogen (secondary N) is 1. The Balaban J connectivity index is 1.68. The van der Waals surface area contributed by atoms with Gasteiger partial charge in [-0.2, -0.15) is 0 Å². The molecule has 2 aromatic carbocycles. The second-order valence-corrected chi connectivity index (χ2v) is 8.50. The second kappa shape index (κ2) is 9.98. The van der Waals surface area contributed by atoms with Crippen LogP contribution in [-0.2, 0) is 9.59 Å². The van der Waals surface area contributed by atoms with Gasteiger partial charge < -0.3 is 19.9 Å². The number of piperazine rings is 1. The third kappa shape index (κ3) is 5.20. The Kier molecular flexibility index (Phi) is 7.57. The maximum Gasteiger partial charge on any atom is 0.262 e. The molecule has 1 aliphatic heterocycles. The zero-order valence-corrected chi connectivity index (χ0v) is 19.9. The van der Waals surface area contributed by atoms with Crippen LogP contribution in [0, 0.1) is 13.8 Å². The van der Waals surface area contributed by atoms with Crippen LogP contribution >= 0.6 is 34.8 Å². The molecule has 166 valence electrons. The molecule has 9 heteroatoms. The Morgan fingerprint density at radius 2 is 1.55 bits per heavy atom. The van der Waals surface area contributed by atoms with Gasteiger partial charge in [0.1, 0.15) is 0 Å². The minimum absolute atomic E-state index is 0.0726. The number of halogens is 3. The maximum absolute atomic E-state index is 12.6. The Labute approximate surface area is 197 Å². The average Bonchev–Trinajstić information content (AvgIpc) is 2.77. The van der Waals surface area contributed by atoms with E-state index < -0.39 is 0 Å². The lowest BCUT2D eigenvalue weighted by Crippen LogP contribution is -2.48. The predicted octanol–water partition coefficient (Wildman–Crippen LogP) is 4.95. The van der Waals surface area contributed by atoms with Gasteiger partial charge in [0.2, 0.25) is 5.91 Å². The van der Waals surface area contributed by atoms with Crippen molar-refractivity contribution in [3.63, 3.8) is 0 Å². The fourth-order valence-corrected chi connectivity index (χ4v) is 4.30. The van der Waals surface area contributed by atoms with Gasteiger partial charge >= 0.3 is 0 Å². The predicted molar refractivity (Wildman–Crippen MR) is 126 cm³/mol. The molecule has 1 fully saturated rings. The van der Waals surface area contributed by atoms with Crippen molar-refractivity contribution in [1.82, 2.24) is 4.90 Å². The molecule has 0 aliphatic carbocycles. The van der Waals surface area contributed by atoms with Crippen molar-refractivity contribution in [2.45, 2.75) is 20.8 Å². The monoisotopic (exact) mass is 483 g/mol. The summed E-state index contributed by atoms with van der Waals surface area (Å²) >= 11 is 18.9. The van der Waals surface area contributed by atoms with E-state index in [0.29, 0.717) is 48.0 Å². The molecule has 1 aliphatic rings. The highest BCUT2D eigenvalue weighted by Gasteiger charge is 2.22. The van der Waals surface area contributed by atoms with E-state index in [1.807, 2.05) is 29.2 Å². The van der Waals surface area contributed by atoms with E-state index in [4.69, 9.17) is 39.5 Å². The number of ether oxygens (including phenoxy) is 1. The third-order valence-corrected chi connectivity index (χ3v) is 6.78. The second-order valence-electron chi connectivity index (χ2n) is 7.37. The van der Waals surface area contributed by atoms with Crippen molar-refractivity contribution in [2.24, 2.45) is 0 Å². The van der Waals surface area contributed by atoms with E-state index in [1.165, 1.54) is 0 Å². The first kappa shape index (κ1) is 23.5. The SMILES string of the molecule is CC(=O)N1CCN(c2ccccc2NC(=O)COc2c(Cl)c(C)c(Cl)c(C)c2Cl)CC1. The number of amides is 2. The molecular formula is C22H24Cl3N3O3. The molecule has 1 saturated heterocycles. The van der Waals surface area contributed by atoms with Crippen molar-refractivity contribution in [1.29, 1.82) is 0 Å². The highest BCUT2D eigenvalue weighted by molar-refractivity contribution is 6.42. The molecular weight excluding hydrogens is 461 g/mol. The molecule has 2 aromatic rings. The van der Waals surface area contributed by atoms with Gasteiger partial charge in [0.25, 0.3) is 5.91 Å². The van der Waals surface area contributed by atoms with Gasteiger partial charge in [-0.15, -0.1) is 0 Å². The smallest absolute Gasteiger partial charge is 0.262 e. The standard InChI is InChI=1S/C22H24Cl3N3O3/c1-13-19(23)14(2)21(25)22(20(13)24)31-12-18(30)26-16-6-4-5-7-17(16)28-10-8-27(9-11-28)15(3)29/h4-7H,8-12H2,1-3H3,(H,26,30). The van der Waals surface area contributed by atoms with Gasteiger partial charge in [-0.3, -0.25) is 9.59 Å². The molecule has 0 saturated carbocycles. The van der Waals surface area contributed by atoms with Crippen molar-refractivity contribution >= 4 is 58.0 Å². The van der Waals surface area contributed by atoms with Crippen LogP contribution in [0.25, 0.3) is 0 Å². The van der Waals surface area contributed by atoms with Gasteiger partial charge in [-0.05, 0) is 37.1 Å². The van der Waals surface area contributed by atoms with E-state index in [1.54, 1.807) is 20.8 Å². The minimum Gasteiger partial charge on any atom is -0.481 e. The van der Waals surface area contributed by atoms with Crippen LogP contribution in [0.5, 0.6) is 5.75 Å². The summed E-state index contributed by atoms with van der Waals surface area (Å²) in [5.74, 6) is -0.0258. The minimum atomic E-state index is -0.341. The molecule has 2 amide bonds. The lowest BCUT2D eigenvalue weighted by molar-refractivity contribution is -0.129. The van der Waals surface area contributed by atoms with E-state index in [2.05, 4.69) is 10.2 Å². The highest BCUT2D eigenvalue weighted by atomic mass is 35.5.